The molecular weight excluding hydrogens is 186 g/mol. The van der Waals surface area contributed by atoms with Gasteiger partial charge in [-0.25, -0.2) is 0 Å². The number of carboxylic acids is 1. The summed E-state index contributed by atoms with van der Waals surface area (Å²) >= 11 is 1.82. The molecule has 1 atom stereocenters. The summed E-state index contributed by atoms with van der Waals surface area (Å²) in [6.45, 7) is 6.47. The molecule has 78 valence electrons. The highest BCUT2D eigenvalue weighted by Crippen LogP contribution is 2.09. The molecule has 0 saturated carbocycles. The Morgan fingerprint density at radius 1 is 1.54 bits per heavy atom. The van der Waals surface area contributed by atoms with E-state index >= 15 is 0 Å². The lowest BCUT2D eigenvalue weighted by molar-refractivity contribution is -0.144. The topological polar surface area (TPSA) is 49.3 Å². The number of carboxylic acid groups (broad SMARTS) is 1. The molecule has 0 fully saturated rings. The molecular formula is C9H19NO2S. The van der Waals surface area contributed by atoms with E-state index in [1.54, 1.807) is 6.92 Å². The Morgan fingerprint density at radius 3 is 2.54 bits per heavy atom. The second-order valence-electron chi connectivity index (χ2n) is 3.11. The predicted molar refractivity (Wildman–Crippen MR) is 57.3 cm³/mol. The van der Waals surface area contributed by atoms with Crippen LogP contribution in [-0.2, 0) is 4.79 Å². The number of hydrogen-bond donors (Lipinski definition) is 2. The van der Waals surface area contributed by atoms with Gasteiger partial charge in [0.15, 0.2) is 0 Å². The Morgan fingerprint density at radius 2 is 2.15 bits per heavy atom. The van der Waals surface area contributed by atoms with Crippen LogP contribution in [0.15, 0.2) is 0 Å². The van der Waals surface area contributed by atoms with Gasteiger partial charge in [0.05, 0.1) is 0 Å². The molecule has 1 unspecified atom stereocenters. The largest absolute Gasteiger partial charge is 0.480 e. The first-order valence-electron chi connectivity index (χ1n) is 4.63. The molecule has 0 amide bonds. The summed E-state index contributed by atoms with van der Waals surface area (Å²) in [4.78, 5) is 10.8. The van der Waals surface area contributed by atoms with E-state index in [1.807, 2.05) is 18.7 Å². The fourth-order valence-corrected chi connectivity index (χ4v) is 1.43. The van der Waals surface area contributed by atoms with Gasteiger partial charge in [-0.15, -0.1) is 0 Å². The Kier molecular flexibility index (Phi) is 6.16. The van der Waals surface area contributed by atoms with Crippen molar-refractivity contribution in [2.75, 3.05) is 18.1 Å². The van der Waals surface area contributed by atoms with Gasteiger partial charge in [-0.05, 0) is 19.1 Å². The summed E-state index contributed by atoms with van der Waals surface area (Å²) in [7, 11) is 0. The molecule has 0 aromatic carbocycles. The zero-order valence-corrected chi connectivity index (χ0v) is 9.41. The van der Waals surface area contributed by atoms with Gasteiger partial charge in [0.1, 0.15) is 5.54 Å². The van der Waals surface area contributed by atoms with Crippen LogP contribution in [0.25, 0.3) is 0 Å². The van der Waals surface area contributed by atoms with Crippen LogP contribution in [0.4, 0.5) is 0 Å². The van der Waals surface area contributed by atoms with Crippen LogP contribution in [0, 0.1) is 0 Å². The van der Waals surface area contributed by atoms with Crippen LogP contribution in [0.5, 0.6) is 0 Å². The van der Waals surface area contributed by atoms with E-state index < -0.39 is 11.5 Å². The fraction of sp³-hybridized carbons (Fsp3) is 0.889. The third-order valence-electron chi connectivity index (χ3n) is 2.14. The highest BCUT2D eigenvalue weighted by molar-refractivity contribution is 7.99. The van der Waals surface area contributed by atoms with Crippen LogP contribution in [0.3, 0.4) is 0 Å². The lowest BCUT2D eigenvalue weighted by atomic mass is 9.99. The molecule has 13 heavy (non-hydrogen) atoms. The number of nitrogens with one attached hydrogen (secondary N) is 1. The first-order chi connectivity index (χ1) is 6.06. The normalized spacial score (nSPS) is 15.3. The van der Waals surface area contributed by atoms with Crippen molar-refractivity contribution in [2.24, 2.45) is 0 Å². The highest BCUT2D eigenvalue weighted by Gasteiger charge is 2.29. The predicted octanol–water partition coefficient (Wildman–Crippen LogP) is 1.58. The van der Waals surface area contributed by atoms with Crippen molar-refractivity contribution in [1.82, 2.24) is 5.32 Å². The third-order valence-corrected chi connectivity index (χ3v) is 3.05. The van der Waals surface area contributed by atoms with E-state index in [1.165, 1.54) is 0 Å². The van der Waals surface area contributed by atoms with Crippen molar-refractivity contribution in [3.05, 3.63) is 0 Å². The standard InChI is InChI=1S/C9H19NO2S/c1-4-9(3,8(11)12)10-6-7-13-5-2/h10H,4-7H2,1-3H3,(H,11,12). The van der Waals surface area contributed by atoms with Crippen molar-refractivity contribution in [3.8, 4) is 0 Å². The van der Waals surface area contributed by atoms with Gasteiger partial charge < -0.3 is 10.4 Å². The van der Waals surface area contributed by atoms with E-state index in [2.05, 4.69) is 12.2 Å². The van der Waals surface area contributed by atoms with Crippen molar-refractivity contribution >= 4 is 17.7 Å². The van der Waals surface area contributed by atoms with E-state index in [-0.39, 0.29) is 0 Å². The van der Waals surface area contributed by atoms with Crippen molar-refractivity contribution in [3.63, 3.8) is 0 Å². The maximum absolute atomic E-state index is 10.8. The fourth-order valence-electron chi connectivity index (χ4n) is 0.895. The first kappa shape index (κ1) is 12.8. The van der Waals surface area contributed by atoms with Gasteiger partial charge in [0.25, 0.3) is 0 Å². The molecule has 0 rings (SSSR count). The van der Waals surface area contributed by atoms with E-state index in [0.29, 0.717) is 6.42 Å². The molecule has 0 radical (unpaired) electrons. The van der Waals surface area contributed by atoms with Gasteiger partial charge in [0, 0.05) is 12.3 Å². The van der Waals surface area contributed by atoms with Crippen LogP contribution in [0.2, 0.25) is 0 Å². The zero-order valence-electron chi connectivity index (χ0n) is 8.59. The number of carbonyl (C=O) groups is 1. The van der Waals surface area contributed by atoms with Crippen LogP contribution in [-0.4, -0.2) is 34.7 Å². The zero-order chi connectivity index (χ0) is 10.3. The summed E-state index contributed by atoms with van der Waals surface area (Å²) in [6, 6.07) is 0. The summed E-state index contributed by atoms with van der Waals surface area (Å²) in [6.07, 6.45) is 0.610. The molecule has 0 aliphatic heterocycles. The summed E-state index contributed by atoms with van der Waals surface area (Å²) in [5, 5.41) is 12.0. The van der Waals surface area contributed by atoms with Gasteiger partial charge >= 0.3 is 5.97 Å². The molecule has 2 N–H and O–H groups in total. The van der Waals surface area contributed by atoms with Crippen molar-refractivity contribution in [1.29, 1.82) is 0 Å². The van der Waals surface area contributed by atoms with Crippen molar-refractivity contribution < 1.29 is 9.90 Å². The number of rotatable bonds is 7. The minimum Gasteiger partial charge on any atom is -0.480 e. The molecule has 3 nitrogen and oxygen atoms in total. The summed E-state index contributed by atoms with van der Waals surface area (Å²) < 4.78 is 0. The van der Waals surface area contributed by atoms with Crippen LogP contribution in [0.1, 0.15) is 27.2 Å². The van der Waals surface area contributed by atoms with E-state index in [4.69, 9.17) is 5.11 Å². The lowest BCUT2D eigenvalue weighted by Crippen LogP contribution is -2.49. The smallest absolute Gasteiger partial charge is 0.323 e. The average Bonchev–Trinajstić information content (AvgIpc) is 2.12. The number of aliphatic carboxylic acids is 1. The first-order valence-corrected chi connectivity index (χ1v) is 5.78. The molecule has 0 aliphatic rings. The molecule has 0 aliphatic carbocycles. The Labute approximate surface area is 84.3 Å². The molecule has 0 aromatic rings. The van der Waals surface area contributed by atoms with Crippen LogP contribution >= 0.6 is 11.8 Å². The second kappa shape index (κ2) is 6.27. The van der Waals surface area contributed by atoms with Gasteiger partial charge in [-0.3, -0.25) is 4.79 Å². The minimum absolute atomic E-state index is 0.610. The Hall–Kier alpha value is -0.220. The Bertz CT molecular complexity index is 164. The van der Waals surface area contributed by atoms with Gasteiger partial charge in [0.2, 0.25) is 0 Å². The number of thioether (sulfide) groups is 1. The average molecular weight is 205 g/mol. The highest BCUT2D eigenvalue weighted by atomic mass is 32.2. The maximum atomic E-state index is 10.8. The molecule has 0 aromatic heterocycles. The van der Waals surface area contributed by atoms with E-state index in [9.17, 15) is 4.79 Å². The molecule has 0 spiro atoms. The maximum Gasteiger partial charge on any atom is 0.323 e. The third kappa shape index (κ3) is 4.52. The van der Waals surface area contributed by atoms with Gasteiger partial charge in [-0.2, -0.15) is 11.8 Å². The van der Waals surface area contributed by atoms with E-state index in [0.717, 1.165) is 18.1 Å². The van der Waals surface area contributed by atoms with Crippen molar-refractivity contribution in [2.45, 2.75) is 32.7 Å². The summed E-state index contributed by atoms with van der Waals surface area (Å²) in [5.74, 6) is 1.29. The summed E-state index contributed by atoms with van der Waals surface area (Å²) in [5.41, 5.74) is -0.756. The van der Waals surface area contributed by atoms with Crippen LogP contribution < -0.4 is 5.32 Å². The monoisotopic (exact) mass is 205 g/mol. The molecule has 0 bridgehead atoms. The van der Waals surface area contributed by atoms with Gasteiger partial charge in [-0.1, -0.05) is 13.8 Å². The SMILES string of the molecule is CCSCCNC(C)(CC)C(=O)O. The molecule has 4 heteroatoms. The molecule has 0 heterocycles. The Balaban J connectivity index is 3.78. The lowest BCUT2D eigenvalue weighted by Gasteiger charge is -2.24. The number of hydrogen-bond acceptors (Lipinski definition) is 3. The quantitative estimate of drug-likeness (QED) is 0.620. The second-order valence-corrected chi connectivity index (χ2v) is 4.51. The molecule has 0 saturated heterocycles. The minimum atomic E-state index is -0.767.